The third-order valence-electron chi connectivity index (χ3n) is 1.70. The summed E-state index contributed by atoms with van der Waals surface area (Å²) in [6, 6.07) is 0. The van der Waals surface area contributed by atoms with Crippen LogP contribution in [0.2, 0.25) is 0 Å². The van der Waals surface area contributed by atoms with Crippen molar-refractivity contribution in [1.82, 2.24) is 4.90 Å². The standard InChI is InChI=1S/C11H23NOS.Ba.2H/c1-6-14-11(13)12(7-9(2)3)8-10(4)5;;;/h9-10H,6-8H2,1-5H3;;;/q;+2;2*-1. The first-order valence-corrected chi connectivity index (χ1v) is 6.37. The molecule has 0 aliphatic heterocycles. The number of thioether (sulfide) groups is 1. The van der Waals surface area contributed by atoms with E-state index in [0.29, 0.717) is 11.8 Å². The van der Waals surface area contributed by atoms with Crippen LogP contribution in [-0.4, -0.2) is 77.9 Å². The zero-order valence-electron chi connectivity index (χ0n) is 12.7. The third-order valence-corrected chi connectivity index (χ3v) is 2.49. The minimum atomic E-state index is 0. The zero-order chi connectivity index (χ0) is 11.1. The van der Waals surface area contributed by atoms with Crippen molar-refractivity contribution in [3.8, 4) is 0 Å². The summed E-state index contributed by atoms with van der Waals surface area (Å²) in [6.45, 7) is 12.4. The summed E-state index contributed by atoms with van der Waals surface area (Å²) in [4.78, 5) is 13.7. The van der Waals surface area contributed by atoms with Gasteiger partial charge in [0.1, 0.15) is 0 Å². The second kappa shape index (κ2) is 10.5. The number of amides is 1. The van der Waals surface area contributed by atoms with Crippen molar-refractivity contribution >= 4 is 65.9 Å². The maximum absolute atomic E-state index is 11.7. The summed E-state index contributed by atoms with van der Waals surface area (Å²) in [5, 5.41) is 0.231. The minimum Gasteiger partial charge on any atom is -1.00 e. The van der Waals surface area contributed by atoms with Crippen molar-refractivity contribution in [1.29, 1.82) is 0 Å². The average Bonchev–Trinajstić information content (AvgIpc) is 2.01. The van der Waals surface area contributed by atoms with E-state index in [1.54, 1.807) is 0 Å². The van der Waals surface area contributed by atoms with Gasteiger partial charge in [0.05, 0.1) is 0 Å². The van der Waals surface area contributed by atoms with Crippen LogP contribution in [0.25, 0.3) is 0 Å². The van der Waals surface area contributed by atoms with Crippen LogP contribution in [-0.2, 0) is 0 Å². The number of hydrogen-bond acceptors (Lipinski definition) is 2. The Bertz CT molecular complexity index is 173. The zero-order valence-corrected chi connectivity index (χ0v) is 16.0. The molecular formula is C11H25BaNOS. The first-order valence-electron chi connectivity index (χ1n) is 5.39. The van der Waals surface area contributed by atoms with Gasteiger partial charge >= 0.3 is 48.9 Å². The predicted octanol–water partition coefficient (Wildman–Crippen LogP) is 3.32. The second-order valence-electron chi connectivity index (χ2n) is 4.39. The normalized spacial score (nSPS) is 10.3. The van der Waals surface area contributed by atoms with E-state index >= 15 is 0 Å². The molecule has 0 aliphatic rings. The molecule has 88 valence electrons. The Hall–Kier alpha value is 1.39. The fraction of sp³-hybridized carbons (Fsp3) is 0.909. The van der Waals surface area contributed by atoms with Gasteiger partial charge in [-0.05, 0) is 17.6 Å². The number of hydrogen-bond donors (Lipinski definition) is 0. The van der Waals surface area contributed by atoms with E-state index < -0.39 is 0 Å². The molecule has 0 radical (unpaired) electrons. The monoisotopic (exact) mass is 357 g/mol. The Morgan fingerprint density at radius 2 is 1.60 bits per heavy atom. The van der Waals surface area contributed by atoms with Gasteiger partial charge in [-0.1, -0.05) is 46.4 Å². The van der Waals surface area contributed by atoms with Crippen molar-refractivity contribution in [2.45, 2.75) is 34.6 Å². The molecule has 0 N–H and O–H groups in total. The Kier molecular flexibility index (Phi) is 13.2. The number of carbonyl (C=O) groups excluding carboxylic acids is 1. The molecule has 0 bridgehead atoms. The van der Waals surface area contributed by atoms with Crippen molar-refractivity contribution < 1.29 is 7.65 Å². The molecule has 0 saturated heterocycles. The summed E-state index contributed by atoms with van der Waals surface area (Å²) in [6.07, 6.45) is 0. The van der Waals surface area contributed by atoms with Crippen molar-refractivity contribution in [2.75, 3.05) is 18.8 Å². The average molecular weight is 357 g/mol. The second-order valence-corrected chi connectivity index (χ2v) is 5.61. The van der Waals surface area contributed by atoms with E-state index in [1.165, 1.54) is 11.8 Å². The Labute approximate surface area is 142 Å². The summed E-state index contributed by atoms with van der Waals surface area (Å²) < 4.78 is 0. The number of nitrogens with zero attached hydrogens (tertiary/aromatic N) is 1. The van der Waals surface area contributed by atoms with Gasteiger partial charge in [0.2, 0.25) is 0 Å². The van der Waals surface area contributed by atoms with Gasteiger partial charge in [-0.25, -0.2) is 0 Å². The topological polar surface area (TPSA) is 20.3 Å². The van der Waals surface area contributed by atoms with Gasteiger partial charge in [0.15, 0.2) is 0 Å². The van der Waals surface area contributed by atoms with Gasteiger partial charge < -0.3 is 7.75 Å². The van der Waals surface area contributed by atoms with Crippen LogP contribution in [0.3, 0.4) is 0 Å². The molecule has 4 heteroatoms. The first kappa shape index (κ1) is 18.7. The fourth-order valence-corrected chi connectivity index (χ4v) is 1.90. The van der Waals surface area contributed by atoms with E-state index in [-0.39, 0.29) is 57.0 Å². The molecule has 0 spiro atoms. The molecular weight excluding hydrogens is 332 g/mol. The van der Waals surface area contributed by atoms with Crippen LogP contribution in [0.4, 0.5) is 4.79 Å². The predicted molar refractivity (Wildman–Crippen MR) is 72.8 cm³/mol. The van der Waals surface area contributed by atoms with E-state index in [0.717, 1.165) is 18.8 Å². The van der Waals surface area contributed by atoms with E-state index in [1.807, 2.05) is 11.8 Å². The largest absolute Gasteiger partial charge is 2.00 e. The molecule has 0 aromatic heterocycles. The molecule has 2 nitrogen and oxygen atoms in total. The Morgan fingerprint density at radius 3 is 1.87 bits per heavy atom. The van der Waals surface area contributed by atoms with Crippen molar-refractivity contribution in [3.63, 3.8) is 0 Å². The summed E-state index contributed by atoms with van der Waals surface area (Å²) in [5.41, 5.74) is 0. The SMILES string of the molecule is CCSC(=O)N(CC(C)C)CC(C)C.[Ba+2].[H-].[H-]. The van der Waals surface area contributed by atoms with Gasteiger partial charge in [0.25, 0.3) is 5.24 Å². The van der Waals surface area contributed by atoms with Crippen LogP contribution < -0.4 is 0 Å². The summed E-state index contributed by atoms with van der Waals surface area (Å²) in [5.74, 6) is 1.97. The molecule has 1 amide bonds. The molecule has 0 rings (SSSR count). The maximum atomic E-state index is 11.7. The molecule has 0 unspecified atom stereocenters. The molecule has 0 fully saturated rings. The molecule has 15 heavy (non-hydrogen) atoms. The van der Waals surface area contributed by atoms with Gasteiger partial charge in [0, 0.05) is 13.1 Å². The molecule has 0 heterocycles. The quantitative estimate of drug-likeness (QED) is 0.704. The van der Waals surface area contributed by atoms with E-state index in [9.17, 15) is 4.79 Å². The van der Waals surface area contributed by atoms with E-state index in [2.05, 4.69) is 27.7 Å². The number of rotatable bonds is 5. The minimum absolute atomic E-state index is 0. The Morgan fingerprint density at radius 1 is 1.20 bits per heavy atom. The van der Waals surface area contributed by atoms with Gasteiger partial charge in [-0.2, -0.15) is 0 Å². The van der Waals surface area contributed by atoms with Crippen LogP contribution in [0.15, 0.2) is 0 Å². The van der Waals surface area contributed by atoms with Gasteiger partial charge in [-0.15, -0.1) is 0 Å². The summed E-state index contributed by atoms with van der Waals surface area (Å²) >= 11 is 1.41. The molecule has 0 aromatic rings. The van der Waals surface area contributed by atoms with E-state index in [4.69, 9.17) is 0 Å². The molecule has 0 aromatic carbocycles. The van der Waals surface area contributed by atoms with Crippen LogP contribution in [0.1, 0.15) is 37.5 Å². The Balaban J connectivity index is -0.000000282. The van der Waals surface area contributed by atoms with Crippen molar-refractivity contribution in [2.24, 2.45) is 11.8 Å². The number of carbonyl (C=O) groups is 1. The maximum Gasteiger partial charge on any atom is 2.00 e. The van der Waals surface area contributed by atoms with Crippen LogP contribution in [0.5, 0.6) is 0 Å². The van der Waals surface area contributed by atoms with Crippen molar-refractivity contribution in [3.05, 3.63) is 0 Å². The van der Waals surface area contributed by atoms with Crippen LogP contribution in [0, 0.1) is 11.8 Å². The molecule has 0 aliphatic carbocycles. The fourth-order valence-electron chi connectivity index (χ4n) is 1.32. The van der Waals surface area contributed by atoms with Crippen LogP contribution >= 0.6 is 11.8 Å². The smallest absolute Gasteiger partial charge is 1.00 e. The third kappa shape index (κ3) is 10.3. The first-order chi connectivity index (χ1) is 6.47. The molecule has 0 saturated carbocycles. The molecule has 0 atom stereocenters. The van der Waals surface area contributed by atoms with Gasteiger partial charge in [-0.3, -0.25) is 4.79 Å². The summed E-state index contributed by atoms with van der Waals surface area (Å²) in [7, 11) is 0.